The van der Waals surface area contributed by atoms with Crippen LogP contribution in [0.2, 0.25) is 0 Å². The van der Waals surface area contributed by atoms with Crippen LogP contribution in [0.5, 0.6) is 0 Å². The van der Waals surface area contributed by atoms with Crippen LogP contribution in [0.4, 0.5) is 0 Å². The van der Waals surface area contributed by atoms with E-state index in [9.17, 15) is 4.79 Å². The summed E-state index contributed by atoms with van der Waals surface area (Å²) in [4.78, 5) is 12.4. The summed E-state index contributed by atoms with van der Waals surface area (Å²) in [5, 5.41) is 8.51. The minimum Gasteiger partial charge on any atom is -0.465 e. The number of aliphatic hydroxyl groups is 1. The van der Waals surface area contributed by atoms with E-state index in [1.54, 1.807) is 11.8 Å². The van der Waals surface area contributed by atoms with Crippen LogP contribution >= 0.6 is 0 Å². The third-order valence-corrected chi connectivity index (χ3v) is 1.45. The molecule has 0 bridgehead atoms. The predicted octanol–water partition coefficient (Wildman–Crippen LogP) is -0.817. The Labute approximate surface area is 59.4 Å². The summed E-state index contributed by atoms with van der Waals surface area (Å²) >= 11 is 0. The number of carbonyl (C=O) groups excluding carboxylic acids is 1. The molecule has 1 rings (SSSR count). The smallest absolute Gasteiger partial charge is 0.324 e. The molecule has 0 aromatic rings. The molecule has 0 spiro atoms. The van der Waals surface area contributed by atoms with Gasteiger partial charge in [-0.1, -0.05) is 0 Å². The van der Waals surface area contributed by atoms with Gasteiger partial charge in [-0.3, -0.25) is 9.69 Å². The number of nitrogens with zero attached hydrogens (tertiary/aromatic N) is 1. The first kappa shape index (κ1) is 7.50. The van der Waals surface area contributed by atoms with E-state index in [4.69, 9.17) is 9.84 Å². The topological polar surface area (TPSA) is 49.5 Å². The highest BCUT2D eigenvalue weighted by molar-refractivity contribution is 5.78. The summed E-state index contributed by atoms with van der Waals surface area (Å²) < 4.78 is 4.71. The number of hydrogen-bond acceptors (Lipinski definition) is 4. The van der Waals surface area contributed by atoms with Gasteiger partial charge in [-0.05, 0) is 6.92 Å². The molecule has 2 atom stereocenters. The van der Waals surface area contributed by atoms with Crippen LogP contribution in [0.3, 0.4) is 0 Å². The molecule has 4 heteroatoms. The zero-order valence-electron chi connectivity index (χ0n) is 5.91. The van der Waals surface area contributed by atoms with Gasteiger partial charge in [0.2, 0.25) is 0 Å². The van der Waals surface area contributed by atoms with Gasteiger partial charge in [-0.15, -0.1) is 0 Å². The second kappa shape index (κ2) is 2.98. The summed E-state index contributed by atoms with van der Waals surface area (Å²) in [6, 6.07) is -0.176. The molecule has 4 nitrogen and oxygen atoms in total. The fourth-order valence-corrected chi connectivity index (χ4v) is 0.793. The molecule has 1 fully saturated rings. The summed E-state index contributed by atoms with van der Waals surface area (Å²) in [5.74, 6) is -0.225. The molecule has 1 N–H and O–H groups in total. The van der Waals surface area contributed by atoms with Gasteiger partial charge >= 0.3 is 5.97 Å². The highest BCUT2D eigenvalue weighted by Gasteiger charge is 2.40. The SMILES string of the molecule is CCOC(=O)C1CN1CO. The fraction of sp³-hybridized carbons (Fsp3) is 0.833. The molecule has 1 heterocycles. The minimum absolute atomic E-state index is 0.0521. The first-order chi connectivity index (χ1) is 4.79. The monoisotopic (exact) mass is 145 g/mol. The maximum atomic E-state index is 10.8. The van der Waals surface area contributed by atoms with Gasteiger partial charge in [0.05, 0.1) is 13.3 Å². The van der Waals surface area contributed by atoms with Crippen LogP contribution < -0.4 is 0 Å². The summed E-state index contributed by atoms with van der Waals surface area (Å²) in [7, 11) is 0. The number of ether oxygens (including phenoxy) is 1. The number of aliphatic hydroxyl groups excluding tert-OH is 1. The Morgan fingerprint density at radius 1 is 1.90 bits per heavy atom. The van der Waals surface area contributed by atoms with Crippen molar-refractivity contribution in [3.63, 3.8) is 0 Å². The van der Waals surface area contributed by atoms with Gasteiger partial charge in [0, 0.05) is 6.54 Å². The number of hydrogen-bond donors (Lipinski definition) is 1. The molecule has 0 aromatic heterocycles. The van der Waals surface area contributed by atoms with E-state index < -0.39 is 0 Å². The highest BCUT2D eigenvalue weighted by atomic mass is 16.5. The standard InChI is InChI=1S/C6H11NO3/c1-2-10-6(9)5-3-7(5)4-8/h5,8H,2-4H2,1H3. The van der Waals surface area contributed by atoms with E-state index >= 15 is 0 Å². The molecule has 0 radical (unpaired) electrons. The lowest BCUT2D eigenvalue weighted by Crippen LogP contribution is -2.16. The maximum Gasteiger partial charge on any atom is 0.324 e. The molecule has 1 aliphatic heterocycles. The number of carbonyl (C=O) groups is 1. The van der Waals surface area contributed by atoms with Gasteiger partial charge < -0.3 is 9.84 Å². The van der Waals surface area contributed by atoms with Gasteiger partial charge in [-0.2, -0.15) is 0 Å². The van der Waals surface area contributed by atoms with Crippen molar-refractivity contribution in [2.45, 2.75) is 13.0 Å². The summed E-state index contributed by atoms with van der Waals surface area (Å²) in [5.41, 5.74) is 0. The minimum atomic E-state index is -0.225. The lowest BCUT2D eigenvalue weighted by Gasteiger charge is -1.98. The quantitative estimate of drug-likeness (QED) is 0.416. The molecule has 0 aliphatic carbocycles. The first-order valence-electron chi connectivity index (χ1n) is 3.31. The van der Waals surface area contributed by atoms with E-state index in [2.05, 4.69) is 0 Å². The van der Waals surface area contributed by atoms with Crippen molar-refractivity contribution >= 4 is 5.97 Å². The Hall–Kier alpha value is -0.610. The van der Waals surface area contributed by atoms with Crippen LogP contribution in [0.1, 0.15) is 6.92 Å². The van der Waals surface area contributed by atoms with Crippen molar-refractivity contribution in [1.29, 1.82) is 0 Å². The van der Waals surface area contributed by atoms with E-state index in [0.717, 1.165) is 0 Å². The van der Waals surface area contributed by atoms with E-state index in [1.807, 2.05) is 0 Å². The molecule has 2 unspecified atom stereocenters. The Morgan fingerprint density at radius 3 is 3.00 bits per heavy atom. The van der Waals surface area contributed by atoms with Crippen LogP contribution in [-0.2, 0) is 9.53 Å². The lowest BCUT2D eigenvalue weighted by molar-refractivity contribution is -0.143. The van der Waals surface area contributed by atoms with Crippen molar-refractivity contribution in [1.82, 2.24) is 4.90 Å². The molecular weight excluding hydrogens is 134 g/mol. The molecule has 0 amide bonds. The molecule has 58 valence electrons. The van der Waals surface area contributed by atoms with Crippen molar-refractivity contribution in [2.75, 3.05) is 19.9 Å². The Kier molecular flexibility index (Phi) is 2.24. The van der Waals surface area contributed by atoms with E-state index in [1.165, 1.54) is 0 Å². The lowest BCUT2D eigenvalue weighted by atomic mass is 10.5. The Bertz CT molecular complexity index is 137. The molecular formula is C6H11NO3. The molecule has 1 aliphatic rings. The first-order valence-corrected chi connectivity index (χ1v) is 3.31. The van der Waals surface area contributed by atoms with E-state index in [-0.39, 0.29) is 18.7 Å². The Balaban J connectivity index is 2.19. The average Bonchev–Trinajstić information content (AvgIpc) is 2.66. The van der Waals surface area contributed by atoms with Crippen LogP contribution in [0.15, 0.2) is 0 Å². The zero-order valence-corrected chi connectivity index (χ0v) is 5.91. The fourth-order valence-electron chi connectivity index (χ4n) is 0.793. The third kappa shape index (κ3) is 1.46. The average molecular weight is 145 g/mol. The third-order valence-electron chi connectivity index (χ3n) is 1.45. The summed E-state index contributed by atoms with van der Waals surface area (Å²) in [6.07, 6.45) is 0. The van der Waals surface area contributed by atoms with Gasteiger partial charge in [0.25, 0.3) is 0 Å². The van der Waals surface area contributed by atoms with Gasteiger partial charge in [0.1, 0.15) is 6.04 Å². The second-order valence-electron chi connectivity index (χ2n) is 2.18. The molecule has 1 saturated heterocycles. The van der Waals surface area contributed by atoms with Crippen LogP contribution in [0, 0.1) is 0 Å². The molecule has 10 heavy (non-hydrogen) atoms. The van der Waals surface area contributed by atoms with Crippen LogP contribution in [0.25, 0.3) is 0 Å². The number of rotatable bonds is 3. The zero-order chi connectivity index (χ0) is 7.56. The van der Waals surface area contributed by atoms with Crippen LogP contribution in [-0.4, -0.2) is 41.9 Å². The largest absolute Gasteiger partial charge is 0.465 e. The normalized spacial score (nSPS) is 29.8. The van der Waals surface area contributed by atoms with Gasteiger partial charge in [0.15, 0.2) is 0 Å². The van der Waals surface area contributed by atoms with Crippen molar-refractivity contribution in [3.8, 4) is 0 Å². The maximum absolute atomic E-state index is 10.8. The predicted molar refractivity (Wildman–Crippen MR) is 34.2 cm³/mol. The highest BCUT2D eigenvalue weighted by Crippen LogP contribution is 2.16. The van der Waals surface area contributed by atoms with E-state index in [0.29, 0.717) is 13.2 Å². The van der Waals surface area contributed by atoms with Crippen molar-refractivity contribution in [3.05, 3.63) is 0 Å². The summed E-state index contributed by atoms with van der Waals surface area (Å²) in [6.45, 7) is 2.76. The number of esters is 1. The van der Waals surface area contributed by atoms with Gasteiger partial charge in [-0.25, -0.2) is 0 Å². The van der Waals surface area contributed by atoms with Crippen molar-refractivity contribution < 1.29 is 14.6 Å². The van der Waals surface area contributed by atoms with Crippen molar-refractivity contribution in [2.24, 2.45) is 0 Å². The molecule has 0 saturated carbocycles. The molecule has 0 aromatic carbocycles. The second-order valence-corrected chi connectivity index (χ2v) is 2.18. The Morgan fingerprint density at radius 2 is 2.60 bits per heavy atom.